The Bertz CT molecular complexity index is 953. The highest BCUT2D eigenvalue weighted by Gasteiger charge is 2.45. The lowest BCUT2D eigenvalue weighted by Gasteiger charge is -2.34. The van der Waals surface area contributed by atoms with Gasteiger partial charge in [-0.2, -0.15) is 0 Å². The van der Waals surface area contributed by atoms with Crippen LogP contribution in [0.4, 0.5) is 5.69 Å². The number of likely N-dealkylation sites (N-methyl/N-ethyl adjacent to an activating group) is 1. The van der Waals surface area contributed by atoms with Crippen LogP contribution in [0.15, 0.2) is 42.5 Å². The molecular weight excluding hydrogens is 408 g/mol. The molecule has 1 aliphatic rings. The van der Waals surface area contributed by atoms with Gasteiger partial charge >= 0.3 is 0 Å². The van der Waals surface area contributed by atoms with E-state index < -0.39 is 5.41 Å². The predicted octanol–water partition coefficient (Wildman–Crippen LogP) is 3.87. The molecule has 1 saturated carbocycles. The Kier molecular flexibility index (Phi) is 7.75. The fraction of sp³-hybridized carbons (Fsp3) is 0.440. The molecule has 1 fully saturated rings. The average Bonchev–Trinajstić information content (AvgIpc) is 3.32. The number of carbonyl (C=O) groups is 2. The van der Waals surface area contributed by atoms with E-state index >= 15 is 0 Å². The average molecular weight is 441 g/mol. The van der Waals surface area contributed by atoms with Gasteiger partial charge in [-0.3, -0.25) is 9.59 Å². The fourth-order valence-corrected chi connectivity index (χ4v) is 4.45. The fourth-order valence-electron chi connectivity index (χ4n) is 4.45. The summed E-state index contributed by atoms with van der Waals surface area (Å²) in [6, 6.07) is 12.6. The molecule has 0 aliphatic heterocycles. The first-order valence-electron chi connectivity index (χ1n) is 10.8. The second-order valence-corrected chi connectivity index (χ2v) is 8.08. The second-order valence-electron chi connectivity index (χ2n) is 8.08. The summed E-state index contributed by atoms with van der Waals surface area (Å²) in [5, 5.41) is 3.02. The third kappa shape index (κ3) is 4.72. The number of para-hydroxylation sites is 1. The van der Waals surface area contributed by atoms with Gasteiger partial charge < -0.3 is 24.4 Å². The molecule has 7 nitrogen and oxygen atoms in total. The molecule has 1 N–H and O–H groups in total. The van der Waals surface area contributed by atoms with Crippen molar-refractivity contribution in [2.45, 2.75) is 31.1 Å². The van der Waals surface area contributed by atoms with Crippen LogP contribution >= 0.6 is 0 Å². The zero-order valence-corrected chi connectivity index (χ0v) is 19.3. The van der Waals surface area contributed by atoms with Crippen molar-refractivity contribution in [1.29, 1.82) is 0 Å². The summed E-state index contributed by atoms with van der Waals surface area (Å²) in [6.45, 7) is 1.01. The van der Waals surface area contributed by atoms with Crippen molar-refractivity contribution >= 4 is 17.5 Å². The minimum atomic E-state index is -0.649. The molecule has 2 amide bonds. The van der Waals surface area contributed by atoms with E-state index in [1.54, 1.807) is 37.3 Å². The number of methoxy groups -OCH3 is 3. The molecule has 0 unspecified atom stereocenters. The number of carbonyl (C=O) groups excluding carboxylic acids is 2. The summed E-state index contributed by atoms with van der Waals surface area (Å²) in [6.07, 6.45) is 3.46. The Balaban J connectivity index is 1.92. The Morgan fingerprint density at radius 2 is 1.69 bits per heavy atom. The van der Waals surface area contributed by atoms with Gasteiger partial charge in [0, 0.05) is 32.0 Å². The van der Waals surface area contributed by atoms with Crippen molar-refractivity contribution in [3.05, 3.63) is 53.6 Å². The first-order valence-corrected chi connectivity index (χ1v) is 10.8. The Morgan fingerprint density at radius 3 is 2.34 bits per heavy atom. The number of ether oxygens (including phenoxy) is 3. The zero-order chi connectivity index (χ0) is 23.1. The van der Waals surface area contributed by atoms with Gasteiger partial charge in [0.15, 0.2) is 11.5 Å². The molecule has 1 aliphatic carbocycles. The molecule has 0 atom stereocenters. The number of hydrogen-bond acceptors (Lipinski definition) is 5. The first-order chi connectivity index (χ1) is 15.5. The Morgan fingerprint density at radius 1 is 1.00 bits per heavy atom. The lowest BCUT2D eigenvalue weighted by atomic mass is 9.76. The zero-order valence-electron chi connectivity index (χ0n) is 19.3. The van der Waals surface area contributed by atoms with E-state index in [0.717, 1.165) is 31.2 Å². The van der Waals surface area contributed by atoms with Gasteiger partial charge in [0.2, 0.25) is 5.91 Å². The quantitative estimate of drug-likeness (QED) is 0.641. The number of amides is 2. The normalized spacial score (nSPS) is 14.6. The minimum absolute atomic E-state index is 0.0693. The topological polar surface area (TPSA) is 77.1 Å². The SMILES string of the molecule is COCCN(C)C(=O)C1(c2ccccc2NC(=O)c2ccc(OC)c(OC)c2)CCCC1. The lowest BCUT2D eigenvalue weighted by molar-refractivity contribution is -0.136. The summed E-state index contributed by atoms with van der Waals surface area (Å²) in [5.41, 5.74) is 1.31. The maximum absolute atomic E-state index is 13.6. The van der Waals surface area contributed by atoms with E-state index in [1.165, 1.54) is 7.11 Å². The molecule has 0 bridgehead atoms. The number of benzene rings is 2. The van der Waals surface area contributed by atoms with Gasteiger partial charge in [0.1, 0.15) is 0 Å². The third-order valence-electron chi connectivity index (χ3n) is 6.18. The minimum Gasteiger partial charge on any atom is -0.493 e. The highest BCUT2D eigenvalue weighted by atomic mass is 16.5. The maximum atomic E-state index is 13.6. The number of rotatable bonds is 9. The summed E-state index contributed by atoms with van der Waals surface area (Å²) in [4.78, 5) is 28.4. The summed E-state index contributed by atoms with van der Waals surface area (Å²) >= 11 is 0. The Hall–Kier alpha value is -3.06. The molecule has 0 heterocycles. The molecule has 7 heteroatoms. The van der Waals surface area contributed by atoms with Crippen molar-refractivity contribution in [2.24, 2.45) is 0 Å². The molecule has 0 spiro atoms. The molecule has 0 aromatic heterocycles. The smallest absolute Gasteiger partial charge is 0.255 e. The van der Waals surface area contributed by atoms with Crippen molar-refractivity contribution in [1.82, 2.24) is 4.90 Å². The number of anilines is 1. The van der Waals surface area contributed by atoms with E-state index in [9.17, 15) is 9.59 Å². The van der Waals surface area contributed by atoms with E-state index in [2.05, 4.69) is 5.32 Å². The van der Waals surface area contributed by atoms with Crippen LogP contribution in [0, 0.1) is 0 Å². The van der Waals surface area contributed by atoms with Crippen LogP contribution in [0.2, 0.25) is 0 Å². The molecule has 2 aromatic rings. The van der Waals surface area contributed by atoms with Crippen LogP contribution in [-0.4, -0.2) is 58.2 Å². The summed E-state index contributed by atoms with van der Waals surface area (Å²) in [7, 11) is 6.52. The standard InChI is InChI=1S/C25H32N2O5/c1-27(15-16-30-2)24(29)25(13-7-8-14-25)19-9-5-6-10-20(19)26-23(28)18-11-12-21(31-3)22(17-18)32-4/h5-6,9-12,17H,7-8,13-16H2,1-4H3,(H,26,28). The van der Waals surface area contributed by atoms with Crippen molar-refractivity contribution in [2.75, 3.05) is 46.8 Å². The highest BCUT2D eigenvalue weighted by Crippen LogP contribution is 2.45. The van der Waals surface area contributed by atoms with E-state index in [4.69, 9.17) is 14.2 Å². The van der Waals surface area contributed by atoms with Gasteiger partial charge in [-0.25, -0.2) is 0 Å². The van der Waals surface area contributed by atoms with Crippen molar-refractivity contribution in [3.8, 4) is 11.5 Å². The molecule has 2 aromatic carbocycles. The van der Waals surface area contributed by atoms with Crippen molar-refractivity contribution in [3.63, 3.8) is 0 Å². The predicted molar refractivity (Wildman–Crippen MR) is 124 cm³/mol. The maximum Gasteiger partial charge on any atom is 0.255 e. The number of hydrogen-bond donors (Lipinski definition) is 1. The van der Waals surface area contributed by atoms with Crippen LogP contribution in [0.5, 0.6) is 11.5 Å². The monoisotopic (exact) mass is 440 g/mol. The molecular formula is C25H32N2O5. The third-order valence-corrected chi connectivity index (χ3v) is 6.18. The highest BCUT2D eigenvalue weighted by molar-refractivity contribution is 6.06. The van der Waals surface area contributed by atoms with Gasteiger partial charge in [0.25, 0.3) is 5.91 Å². The Labute approximate surface area is 189 Å². The van der Waals surface area contributed by atoms with Gasteiger partial charge in [-0.15, -0.1) is 0 Å². The van der Waals surface area contributed by atoms with Crippen LogP contribution in [-0.2, 0) is 14.9 Å². The second kappa shape index (κ2) is 10.5. The van der Waals surface area contributed by atoms with Gasteiger partial charge in [-0.1, -0.05) is 31.0 Å². The first kappa shape index (κ1) is 23.6. The largest absolute Gasteiger partial charge is 0.493 e. The number of nitrogens with one attached hydrogen (secondary N) is 1. The lowest BCUT2D eigenvalue weighted by Crippen LogP contribution is -2.45. The van der Waals surface area contributed by atoms with Crippen LogP contribution < -0.4 is 14.8 Å². The van der Waals surface area contributed by atoms with E-state index in [0.29, 0.717) is 35.9 Å². The molecule has 172 valence electrons. The molecule has 0 saturated heterocycles. The van der Waals surface area contributed by atoms with Gasteiger partial charge in [-0.05, 0) is 42.7 Å². The summed E-state index contributed by atoms with van der Waals surface area (Å²) < 4.78 is 15.7. The molecule has 32 heavy (non-hydrogen) atoms. The van der Waals surface area contributed by atoms with E-state index in [1.807, 2.05) is 31.3 Å². The molecule has 3 rings (SSSR count). The van der Waals surface area contributed by atoms with Crippen LogP contribution in [0.1, 0.15) is 41.6 Å². The van der Waals surface area contributed by atoms with Crippen LogP contribution in [0.25, 0.3) is 0 Å². The number of nitrogens with zero attached hydrogens (tertiary/aromatic N) is 1. The van der Waals surface area contributed by atoms with E-state index in [-0.39, 0.29) is 11.8 Å². The van der Waals surface area contributed by atoms with Crippen molar-refractivity contribution < 1.29 is 23.8 Å². The van der Waals surface area contributed by atoms with Crippen LogP contribution in [0.3, 0.4) is 0 Å². The van der Waals surface area contributed by atoms with Gasteiger partial charge in [0.05, 0.1) is 26.2 Å². The molecule has 0 radical (unpaired) electrons. The summed E-state index contributed by atoms with van der Waals surface area (Å²) in [5.74, 6) is 0.835.